The van der Waals surface area contributed by atoms with Crippen LogP contribution in [0.15, 0.2) is 22.9 Å². The molecule has 1 aromatic rings. The van der Waals surface area contributed by atoms with E-state index in [9.17, 15) is 0 Å². The van der Waals surface area contributed by atoms with Crippen LogP contribution in [0.5, 0.6) is 0 Å². The molecule has 0 aromatic carbocycles. The molecule has 0 aliphatic heterocycles. The third kappa shape index (κ3) is 4.52. The van der Waals surface area contributed by atoms with Gasteiger partial charge in [-0.05, 0) is 45.8 Å². The number of hydrogen-bond acceptors (Lipinski definition) is 1. The summed E-state index contributed by atoms with van der Waals surface area (Å²) in [4.78, 5) is 4.13. The number of rotatable bonds is 3. The molecule has 1 nitrogen and oxygen atoms in total. The lowest BCUT2D eigenvalue weighted by Gasteiger charge is -2.24. The van der Waals surface area contributed by atoms with E-state index in [-0.39, 0.29) is 10.8 Å². The van der Waals surface area contributed by atoms with Gasteiger partial charge in [0.2, 0.25) is 0 Å². The Morgan fingerprint density at radius 1 is 1.40 bits per heavy atom. The first-order valence-corrected chi connectivity index (χ1v) is 6.36. The minimum absolute atomic E-state index is 0.168. The fraction of sp³-hybridized carbons (Fsp3) is 0.583. The lowest BCUT2D eigenvalue weighted by molar-refractivity contribution is 0.374. The molecular formula is C12H17BrClN. The zero-order chi connectivity index (χ0) is 11.5. The Balaban J connectivity index is 2.51. The summed E-state index contributed by atoms with van der Waals surface area (Å²) in [5, 5.41) is 0.205. The van der Waals surface area contributed by atoms with E-state index < -0.39 is 0 Å². The molecule has 0 fully saturated rings. The Kier molecular flexibility index (Phi) is 4.60. The molecular weight excluding hydrogens is 273 g/mol. The van der Waals surface area contributed by atoms with Crippen LogP contribution in [-0.4, -0.2) is 10.4 Å². The molecule has 0 amide bonds. The van der Waals surface area contributed by atoms with Crippen LogP contribution in [0.3, 0.4) is 0 Å². The molecule has 1 unspecified atom stereocenters. The van der Waals surface area contributed by atoms with E-state index in [1.54, 1.807) is 6.20 Å². The second-order valence-electron chi connectivity index (χ2n) is 4.88. The second kappa shape index (κ2) is 5.31. The van der Waals surface area contributed by atoms with Crippen LogP contribution >= 0.6 is 27.5 Å². The fourth-order valence-corrected chi connectivity index (χ4v) is 1.84. The van der Waals surface area contributed by atoms with E-state index in [2.05, 4.69) is 47.8 Å². The molecule has 0 radical (unpaired) electrons. The number of hydrogen-bond donors (Lipinski definition) is 0. The number of nitrogens with zero attached hydrogens (tertiary/aromatic N) is 1. The van der Waals surface area contributed by atoms with Gasteiger partial charge in [0, 0.05) is 22.2 Å². The van der Waals surface area contributed by atoms with Gasteiger partial charge in [0.1, 0.15) is 0 Å². The largest absolute Gasteiger partial charge is 0.263 e. The third-order valence-corrected chi connectivity index (χ3v) is 3.69. The van der Waals surface area contributed by atoms with E-state index >= 15 is 0 Å². The van der Waals surface area contributed by atoms with E-state index in [0.29, 0.717) is 0 Å². The maximum absolute atomic E-state index is 6.31. The summed E-state index contributed by atoms with van der Waals surface area (Å²) in [6, 6.07) is 2.10. The predicted molar refractivity (Wildman–Crippen MR) is 69.4 cm³/mol. The monoisotopic (exact) mass is 289 g/mol. The topological polar surface area (TPSA) is 12.9 Å². The van der Waals surface area contributed by atoms with Gasteiger partial charge in [0.25, 0.3) is 0 Å². The second-order valence-corrected chi connectivity index (χ2v) is 6.33. The number of halogens is 2. The van der Waals surface area contributed by atoms with Crippen molar-refractivity contribution in [1.82, 2.24) is 4.98 Å². The smallest absolute Gasteiger partial charge is 0.0410 e. The maximum Gasteiger partial charge on any atom is 0.0410 e. The first-order valence-electron chi connectivity index (χ1n) is 5.13. The van der Waals surface area contributed by atoms with Crippen molar-refractivity contribution in [3.05, 3.63) is 28.5 Å². The van der Waals surface area contributed by atoms with E-state index in [1.807, 2.05) is 6.20 Å². The SMILES string of the molecule is CC(C)(C)C(Cl)CCc1cncc(Br)c1. The summed E-state index contributed by atoms with van der Waals surface area (Å²) >= 11 is 9.73. The highest BCUT2D eigenvalue weighted by Crippen LogP contribution is 2.28. The van der Waals surface area contributed by atoms with Crippen LogP contribution in [0, 0.1) is 5.41 Å². The van der Waals surface area contributed by atoms with Crippen molar-refractivity contribution in [2.45, 2.75) is 39.0 Å². The molecule has 0 aliphatic rings. The highest BCUT2D eigenvalue weighted by Gasteiger charge is 2.21. The zero-order valence-electron chi connectivity index (χ0n) is 9.43. The van der Waals surface area contributed by atoms with Gasteiger partial charge in [0.05, 0.1) is 0 Å². The van der Waals surface area contributed by atoms with E-state index in [0.717, 1.165) is 17.3 Å². The molecule has 1 heterocycles. The summed E-state index contributed by atoms with van der Waals surface area (Å²) in [6.07, 6.45) is 5.67. The Hall–Kier alpha value is -0.0800. The molecule has 0 N–H and O–H groups in total. The number of pyridine rings is 1. The van der Waals surface area contributed by atoms with Gasteiger partial charge in [-0.1, -0.05) is 20.8 Å². The van der Waals surface area contributed by atoms with Crippen LogP contribution in [0.25, 0.3) is 0 Å². The molecule has 1 rings (SSSR count). The normalized spacial score (nSPS) is 13.9. The highest BCUT2D eigenvalue weighted by atomic mass is 79.9. The average Bonchev–Trinajstić information content (AvgIpc) is 2.12. The van der Waals surface area contributed by atoms with E-state index in [4.69, 9.17) is 11.6 Å². The maximum atomic E-state index is 6.31. The highest BCUT2D eigenvalue weighted by molar-refractivity contribution is 9.10. The Morgan fingerprint density at radius 3 is 2.60 bits per heavy atom. The van der Waals surface area contributed by atoms with Crippen molar-refractivity contribution in [1.29, 1.82) is 0 Å². The van der Waals surface area contributed by atoms with E-state index in [1.165, 1.54) is 5.56 Å². The van der Waals surface area contributed by atoms with Crippen molar-refractivity contribution >= 4 is 27.5 Å². The van der Waals surface area contributed by atoms with Crippen molar-refractivity contribution in [3.63, 3.8) is 0 Å². The predicted octanol–water partition coefficient (Wildman–Crippen LogP) is 4.43. The fourth-order valence-electron chi connectivity index (χ4n) is 1.32. The number of aromatic nitrogens is 1. The van der Waals surface area contributed by atoms with Gasteiger partial charge in [-0.25, -0.2) is 0 Å². The average molecular weight is 291 g/mol. The Labute approximate surface area is 105 Å². The lowest BCUT2D eigenvalue weighted by Crippen LogP contribution is -2.21. The minimum Gasteiger partial charge on any atom is -0.263 e. The van der Waals surface area contributed by atoms with Crippen molar-refractivity contribution in [2.75, 3.05) is 0 Å². The van der Waals surface area contributed by atoms with Crippen molar-refractivity contribution < 1.29 is 0 Å². The molecule has 0 aliphatic carbocycles. The van der Waals surface area contributed by atoms with Crippen molar-refractivity contribution in [2.24, 2.45) is 5.41 Å². The summed E-state index contributed by atoms with van der Waals surface area (Å²) < 4.78 is 1.03. The Bertz CT molecular complexity index is 320. The first kappa shape index (κ1) is 13.0. The first-order chi connectivity index (χ1) is 6.89. The van der Waals surface area contributed by atoms with Crippen molar-refractivity contribution in [3.8, 4) is 0 Å². The van der Waals surface area contributed by atoms with Crippen LogP contribution in [0.2, 0.25) is 0 Å². The molecule has 84 valence electrons. The minimum atomic E-state index is 0.168. The van der Waals surface area contributed by atoms with Gasteiger partial charge in [-0.15, -0.1) is 11.6 Å². The molecule has 1 aromatic heterocycles. The molecule has 15 heavy (non-hydrogen) atoms. The van der Waals surface area contributed by atoms with Gasteiger partial charge in [-0.3, -0.25) is 4.98 Å². The quantitative estimate of drug-likeness (QED) is 0.751. The molecule has 0 saturated carbocycles. The van der Waals surface area contributed by atoms with Crippen LogP contribution in [0.4, 0.5) is 0 Å². The molecule has 1 atom stereocenters. The van der Waals surface area contributed by atoms with Gasteiger partial charge in [0.15, 0.2) is 0 Å². The number of alkyl halides is 1. The molecule has 0 spiro atoms. The third-order valence-electron chi connectivity index (χ3n) is 2.39. The Morgan fingerprint density at radius 2 is 2.07 bits per heavy atom. The molecule has 0 bridgehead atoms. The summed E-state index contributed by atoms with van der Waals surface area (Å²) in [6.45, 7) is 6.51. The van der Waals surface area contributed by atoms with Crippen LogP contribution < -0.4 is 0 Å². The molecule has 3 heteroatoms. The molecule has 0 saturated heterocycles. The van der Waals surface area contributed by atoms with Gasteiger partial charge in [-0.2, -0.15) is 0 Å². The summed E-state index contributed by atoms with van der Waals surface area (Å²) in [7, 11) is 0. The van der Waals surface area contributed by atoms with Crippen LogP contribution in [0.1, 0.15) is 32.8 Å². The summed E-state index contributed by atoms with van der Waals surface area (Å²) in [5.41, 5.74) is 1.40. The van der Waals surface area contributed by atoms with Crippen LogP contribution in [-0.2, 0) is 6.42 Å². The summed E-state index contributed by atoms with van der Waals surface area (Å²) in [5.74, 6) is 0. The van der Waals surface area contributed by atoms with Gasteiger partial charge < -0.3 is 0 Å². The number of aryl methyl sites for hydroxylation is 1. The standard InChI is InChI=1S/C12H17BrClN/c1-12(2,3)11(14)5-4-9-6-10(13)8-15-7-9/h6-8,11H,4-5H2,1-3H3. The van der Waals surface area contributed by atoms with Gasteiger partial charge >= 0.3 is 0 Å². The lowest BCUT2D eigenvalue weighted by atomic mass is 9.88. The zero-order valence-corrected chi connectivity index (χ0v) is 11.8.